The molecule has 0 spiro atoms. The number of benzene rings is 3. The fourth-order valence-electron chi connectivity index (χ4n) is 4.45. The van der Waals surface area contributed by atoms with E-state index in [1.54, 1.807) is 0 Å². The molecule has 6 rings (SSSR count). The molecular weight excluding hydrogens is 416 g/mol. The van der Waals surface area contributed by atoms with Crippen molar-refractivity contribution < 1.29 is 9.26 Å². The Balaban J connectivity index is 1.48. The largest absolute Gasteiger partial charge is 0.488 e. The lowest BCUT2D eigenvalue weighted by Crippen LogP contribution is -2.04. The topological polar surface area (TPSA) is 85.9 Å². The molecule has 0 radical (unpaired) electrons. The number of aromatic amines is 1. The minimum absolute atomic E-state index is 0.407. The summed E-state index contributed by atoms with van der Waals surface area (Å²) in [6.45, 7) is 3.02. The molecule has 1 aliphatic rings. The fourth-order valence-corrected chi connectivity index (χ4v) is 4.45. The molecule has 0 aliphatic carbocycles. The van der Waals surface area contributed by atoms with E-state index in [1.807, 2.05) is 54.2 Å². The summed E-state index contributed by atoms with van der Waals surface area (Å²) in [6.07, 6.45) is 1.89. The van der Waals surface area contributed by atoms with E-state index >= 15 is 0 Å². The Morgan fingerprint density at radius 1 is 1.06 bits per heavy atom. The van der Waals surface area contributed by atoms with Gasteiger partial charge in [-0.2, -0.15) is 5.10 Å². The molecule has 162 valence electrons. The number of allylic oxidation sites excluding steroid dienone is 1. The number of H-pyrrole nitrogens is 1. The first-order valence-electron chi connectivity index (χ1n) is 10.7. The van der Waals surface area contributed by atoms with Gasteiger partial charge in [0.1, 0.15) is 12.4 Å². The molecule has 3 heterocycles. The van der Waals surface area contributed by atoms with E-state index in [0.29, 0.717) is 19.0 Å². The van der Waals surface area contributed by atoms with E-state index in [4.69, 9.17) is 9.26 Å². The number of aromatic nitrogens is 4. The Labute approximate surface area is 188 Å². The molecule has 33 heavy (non-hydrogen) atoms. The van der Waals surface area contributed by atoms with Crippen molar-refractivity contribution >= 4 is 22.0 Å². The second-order valence-corrected chi connectivity index (χ2v) is 8.08. The lowest BCUT2D eigenvalue weighted by Gasteiger charge is -2.14. The van der Waals surface area contributed by atoms with Crippen molar-refractivity contribution in [3.8, 4) is 5.75 Å². The molecule has 1 aliphatic heterocycles. The molecular formula is C26H20N4O3. The van der Waals surface area contributed by atoms with Gasteiger partial charge in [0.05, 0.1) is 18.3 Å². The third-order valence-corrected chi connectivity index (χ3v) is 6.03. The second-order valence-electron chi connectivity index (χ2n) is 8.08. The Morgan fingerprint density at radius 3 is 2.79 bits per heavy atom. The zero-order valence-corrected chi connectivity index (χ0v) is 17.9. The quantitative estimate of drug-likeness (QED) is 0.446. The maximum atomic E-state index is 11.6. The van der Waals surface area contributed by atoms with Crippen molar-refractivity contribution in [2.45, 2.75) is 20.1 Å². The van der Waals surface area contributed by atoms with Gasteiger partial charge in [0.2, 0.25) is 0 Å². The standard InChI is InChI=1S/C26H20N4O3/c1-16(25-28-26(31)33-29-25)24-20-11-10-17(14-30-22-8-4-2-6-18(22)13-27-30)12-19(20)15-32-23-9-5-3-7-21(23)24/h2-13H,14-15H2,1H3,(H,28,29,31)/b24-16-. The molecule has 0 unspecified atom stereocenters. The van der Waals surface area contributed by atoms with E-state index in [9.17, 15) is 4.79 Å². The number of para-hydroxylation sites is 2. The Morgan fingerprint density at radius 2 is 1.91 bits per heavy atom. The van der Waals surface area contributed by atoms with Crippen LogP contribution in [0.1, 0.15) is 35.0 Å². The van der Waals surface area contributed by atoms with Crippen LogP contribution in [0.5, 0.6) is 5.75 Å². The lowest BCUT2D eigenvalue weighted by molar-refractivity contribution is 0.307. The van der Waals surface area contributed by atoms with E-state index in [1.165, 1.54) is 0 Å². The highest BCUT2D eigenvalue weighted by molar-refractivity contribution is 5.99. The van der Waals surface area contributed by atoms with Crippen LogP contribution < -0.4 is 10.5 Å². The zero-order chi connectivity index (χ0) is 22.4. The number of nitrogens with zero attached hydrogens (tertiary/aromatic N) is 3. The summed E-state index contributed by atoms with van der Waals surface area (Å²) in [7, 11) is 0. The van der Waals surface area contributed by atoms with Crippen molar-refractivity contribution in [1.82, 2.24) is 19.9 Å². The first kappa shape index (κ1) is 19.3. The Kier molecular flexibility index (Phi) is 4.47. The summed E-state index contributed by atoms with van der Waals surface area (Å²) in [5, 5.41) is 9.59. The molecule has 0 amide bonds. The average Bonchev–Trinajstić information content (AvgIpc) is 3.41. The van der Waals surface area contributed by atoms with Crippen LogP contribution in [0.4, 0.5) is 0 Å². The molecule has 0 fully saturated rings. The maximum Gasteiger partial charge on any atom is 0.439 e. The maximum absolute atomic E-state index is 11.6. The van der Waals surface area contributed by atoms with Gasteiger partial charge in [0, 0.05) is 16.5 Å². The molecule has 0 bridgehead atoms. The molecule has 5 aromatic rings. The summed E-state index contributed by atoms with van der Waals surface area (Å²) < 4.78 is 13.0. The van der Waals surface area contributed by atoms with Gasteiger partial charge in [0.25, 0.3) is 0 Å². The van der Waals surface area contributed by atoms with Crippen LogP contribution in [0.3, 0.4) is 0 Å². The molecule has 0 atom stereocenters. The summed E-state index contributed by atoms with van der Waals surface area (Å²) >= 11 is 0. The fraction of sp³-hybridized carbons (Fsp3) is 0.115. The Bertz CT molecular complexity index is 1590. The number of hydrogen-bond donors (Lipinski definition) is 1. The lowest BCUT2D eigenvalue weighted by atomic mass is 9.89. The number of nitrogens with one attached hydrogen (secondary N) is 1. The van der Waals surface area contributed by atoms with Crippen molar-refractivity contribution in [3.63, 3.8) is 0 Å². The number of ether oxygens (including phenoxy) is 1. The normalized spacial score (nSPS) is 14.3. The summed E-state index contributed by atoms with van der Waals surface area (Å²) in [4.78, 5) is 14.3. The van der Waals surface area contributed by atoms with Crippen molar-refractivity contribution in [1.29, 1.82) is 0 Å². The molecule has 7 nitrogen and oxygen atoms in total. The molecule has 7 heteroatoms. The molecule has 3 aromatic carbocycles. The first-order chi connectivity index (χ1) is 16.2. The third-order valence-electron chi connectivity index (χ3n) is 6.03. The number of rotatable bonds is 3. The summed E-state index contributed by atoms with van der Waals surface area (Å²) in [5.74, 6) is 0.614. The highest BCUT2D eigenvalue weighted by Crippen LogP contribution is 2.40. The van der Waals surface area contributed by atoms with E-state index in [2.05, 4.69) is 45.6 Å². The van der Waals surface area contributed by atoms with Gasteiger partial charge in [-0.15, -0.1) is 0 Å². The van der Waals surface area contributed by atoms with E-state index < -0.39 is 5.76 Å². The van der Waals surface area contributed by atoms with Crippen molar-refractivity contribution in [3.05, 3.63) is 112 Å². The van der Waals surface area contributed by atoms with Gasteiger partial charge in [-0.1, -0.05) is 53.7 Å². The minimum atomic E-state index is -0.579. The zero-order valence-electron chi connectivity index (χ0n) is 17.9. The second kappa shape index (κ2) is 7.63. The predicted octanol–water partition coefficient (Wildman–Crippen LogP) is 4.63. The monoisotopic (exact) mass is 436 g/mol. The van der Waals surface area contributed by atoms with E-state index in [0.717, 1.165) is 50.1 Å². The minimum Gasteiger partial charge on any atom is -0.488 e. The van der Waals surface area contributed by atoms with Crippen LogP contribution in [0, 0.1) is 0 Å². The van der Waals surface area contributed by atoms with Gasteiger partial charge in [-0.25, -0.2) is 4.79 Å². The first-order valence-corrected chi connectivity index (χ1v) is 10.7. The van der Waals surface area contributed by atoms with Gasteiger partial charge >= 0.3 is 5.76 Å². The highest BCUT2D eigenvalue weighted by atomic mass is 16.5. The molecule has 2 aromatic heterocycles. The van der Waals surface area contributed by atoms with Crippen LogP contribution in [-0.2, 0) is 13.2 Å². The van der Waals surface area contributed by atoms with Crippen LogP contribution >= 0.6 is 0 Å². The molecule has 1 N–H and O–H groups in total. The average molecular weight is 436 g/mol. The predicted molar refractivity (Wildman–Crippen MR) is 125 cm³/mol. The smallest absolute Gasteiger partial charge is 0.439 e. The van der Waals surface area contributed by atoms with Gasteiger partial charge in [-0.05, 0) is 47.4 Å². The molecule has 0 saturated heterocycles. The van der Waals surface area contributed by atoms with Gasteiger partial charge < -0.3 is 4.74 Å². The SMILES string of the molecule is C/C(=C1\c2ccc(Cn3ncc4ccccc43)cc2COc2ccccc21)c1noc(=O)[nH]1. The third kappa shape index (κ3) is 3.34. The summed E-state index contributed by atoms with van der Waals surface area (Å²) in [6, 6.07) is 22.5. The Hall–Kier alpha value is -4.39. The van der Waals surface area contributed by atoms with Gasteiger partial charge in [-0.3, -0.25) is 14.2 Å². The van der Waals surface area contributed by atoms with Crippen LogP contribution in [0.2, 0.25) is 0 Å². The van der Waals surface area contributed by atoms with Crippen LogP contribution in [0.25, 0.3) is 22.0 Å². The molecule has 0 saturated carbocycles. The number of hydrogen-bond acceptors (Lipinski definition) is 5. The van der Waals surface area contributed by atoms with Crippen molar-refractivity contribution in [2.75, 3.05) is 0 Å². The number of fused-ring (bicyclic) bond motifs is 3. The van der Waals surface area contributed by atoms with Crippen LogP contribution in [0.15, 0.2) is 82.2 Å². The van der Waals surface area contributed by atoms with Crippen molar-refractivity contribution in [2.24, 2.45) is 0 Å². The highest BCUT2D eigenvalue weighted by Gasteiger charge is 2.23. The van der Waals surface area contributed by atoms with E-state index in [-0.39, 0.29) is 0 Å². The summed E-state index contributed by atoms with van der Waals surface area (Å²) in [5.41, 5.74) is 7.04. The van der Waals surface area contributed by atoms with Gasteiger partial charge in [0.15, 0.2) is 5.82 Å². The van der Waals surface area contributed by atoms with Crippen LogP contribution in [-0.4, -0.2) is 19.9 Å².